The molecule has 1 aromatic carbocycles. The zero-order chi connectivity index (χ0) is 13.4. The van der Waals surface area contributed by atoms with Gasteiger partial charge in [-0.05, 0) is 24.9 Å². The highest BCUT2D eigenvalue weighted by Gasteiger charge is 2.06. The lowest BCUT2D eigenvalue weighted by Crippen LogP contribution is -2.19. The minimum absolute atomic E-state index is 0.173. The van der Waals surface area contributed by atoms with Crippen LogP contribution in [0, 0.1) is 12.8 Å². The Kier molecular flexibility index (Phi) is 6.76. The SMILES string of the molecule is Cc1cccc(CNCC(C)C)c1OCCCO. The molecular weight excluding hydrogens is 226 g/mol. The lowest BCUT2D eigenvalue weighted by Gasteiger charge is -2.15. The van der Waals surface area contributed by atoms with Crippen molar-refractivity contribution in [1.29, 1.82) is 0 Å². The number of aliphatic hydroxyl groups is 1. The molecule has 0 saturated heterocycles. The Hall–Kier alpha value is -1.06. The largest absolute Gasteiger partial charge is 0.493 e. The number of benzene rings is 1. The molecule has 0 radical (unpaired) electrons. The molecule has 1 rings (SSSR count). The number of para-hydroxylation sites is 1. The predicted octanol–water partition coefficient (Wildman–Crippen LogP) is 2.50. The van der Waals surface area contributed by atoms with Crippen molar-refractivity contribution in [3.8, 4) is 5.75 Å². The third-order valence-corrected chi connectivity index (χ3v) is 2.71. The molecular formula is C15H25NO2. The Morgan fingerprint density at radius 1 is 1.33 bits per heavy atom. The highest BCUT2D eigenvalue weighted by molar-refractivity contribution is 5.40. The Labute approximate surface area is 110 Å². The van der Waals surface area contributed by atoms with Crippen LogP contribution in [0.3, 0.4) is 0 Å². The molecule has 3 nitrogen and oxygen atoms in total. The molecule has 0 bridgehead atoms. The van der Waals surface area contributed by atoms with Gasteiger partial charge in [0.15, 0.2) is 0 Å². The molecule has 0 heterocycles. The van der Waals surface area contributed by atoms with E-state index < -0.39 is 0 Å². The van der Waals surface area contributed by atoms with Crippen LogP contribution in [0.4, 0.5) is 0 Å². The number of aryl methyl sites for hydroxylation is 1. The molecule has 0 amide bonds. The number of aliphatic hydroxyl groups excluding tert-OH is 1. The first-order valence-corrected chi connectivity index (χ1v) is 6.68. The molecule has 0 fully saturated rings. The summed E-state index contributed by atoms with van der Waals surface area (Å²) in [4.78, 5) is 0. The molecule has 0 atom stereocenters. The maximum atomic E-state index is 8.79. The smallest absolute Gasteiger partial charge is 0.126 e. The van der Waals surface area contributed by atoms with E-state index in [1.807, 2.05) is 0 Å². The standard InChI is InChI=1S/C15H25NO2/c1-12(2)10-16-11-14-7-4-6-13(3)15(14)18-9-5-8-17/h4,6-7,12,16-17H,5,8-11H2,1-3H3. The van der Waals surface area contributed by atoms with Gasteiger partial charge in [-0.15, -0.1) is 0 Å². The van der Waals surface area contributed by atoms with E-state index in [9.17, 15) is 0 Å². The summed E-state index contributed by atoms with van der Waals surface area (Å²) in [5.41, 5.74) is 2.34. The average Bonchev–Trinajstić information content (AvgIpc) is 2.32. The van der Waals surface area contributed by atoms with Crippen molar-refractivity contribution in [2.45, 2.75) is 33.7 Å². The Balaban J connectivity index is 2.61. The van der Waals surface area contributed by atoms with Crippen molar-refractivity contribution in [2.24, 2.45) is 5.92 Å². The maximum absolute atomic E-state index is 8.79. The molecule has 18 heavy (non-hydrogen) atoms. The van der Waals surface area contributed by atoms with Crippen molar-refractivity contribution in [3.63, 3.8) is 0 Å². The van der Waals surface area contributed by atoms with Gasteiger partial charge >= 0.3 is 0 Å². The quantitative estimate of drug-likeness (QED) is 0.698. The topological polar surface area (TPSA) is 41.5 Å². The maximum Gasteiger partial charge on any atom is 0.126 e. The fourth-order valence-electron chi connectivity index (χ4n) is 1.79. The minimum Gasteiger partial charge on any atom is -0.493 e. The van der Waals surface area contributed by atoms with Crippen LogP contribution in [0.1, 0.15) is 31.4 Å². The second-order valence-electron chi connectivity index (χ2n) is 5.01. The van der Waals surface area contributed by atoms with Crippen LogP contribution in [-0.4, -0.2) is 24.9 Å². The van der Waals surface area contributed by atoms with Crippen molar-refractivity contribution in [1.82, 2.24) is 5.32 Å². The fraction of sp³-hybridized carbons (Fsp3) is 0.600. The van der Waals surface area contributed by atoms with E-state index in [1.54, 1.807) is 0 Å². The molecule has 0 saturated carbocycles. The van der Waals surface area contributed by atoms with Gasteiger partial charge in [-0.25, -0.2) is 0 Å². The number of hydrogen-bond donors (Lipinski definition) is 2. The number of ether oxygens (including phenoxy) is 1. The van der Waals surface area contributed by atoms with Gasteiger partial charge in [0, 0.05) is 25.1 Å². The second kappa shape index (κ2) is 8.11. The first-order chi connectivity index (χ1) is 8.65. The lowest BCUT2D eigenvalue weighted by atomic mass is 10.1. The highest BCUT2D eigenvalue weighted by Crippen LogP contribution is 2.23. The number of nitrogens with one attached hydrogen (secondary N) is 1. The third-order valence-electron chi connectivity index (χ3n) is 2.71. The van der Waals surface area contributed by atoms with Gasteiger partial charge in [0.1, 0.15) is 5.75 Å². The molecule has 0 spiro atoms. The van der Waals surface area contributed by atoms with Gasteiger partial charge < -0.3 is 15.2 Å². The highest BCUT2D eigenvalue weighted by atomic mass is 16.5. The summed E-state index contributed by atoms with van der Waals surface area (Å²) in [6.45, 7) is 9.02. The zero-order valence-electron chi connectivity index (χ0n) is 11.7. The molecule has 0 aromatic heterocycles. The number of hydrogen-bond acceptors (Lipinski definition) is 3. The molecule has 1 aromatic rings. The monoisotopic (exact) mass is 251 g/mol. The van der Waals surface area contributed by atoms with Crippen molar-refractivity contribution < 1.29 is 9.84 Å². The van der Waals surface area contributed by atoms with Gasteiger partial charge in [0.05, 0.1) is 6.61 Å². The molecule has 2 N–H and O–H groups in total. The summed E-state index contributed by atoms with van der Waals surface area (Å²) < 4.78 is 5.77. The Bertz CT molecular complexity index is 350. The Morgan fingerprint density at radius 3 is 2.78 bits per heavy atom. The minimum atomic E-state index is 0.173. The summed E-state index contributed by atoms with van der Waals surface area (Å²) >= 11 is 0. The molecule has 0 aliphatic carbocycles. The van der Waals surface area contributed by atoms with Crippen molar-refractivity contribution in [2.75, 3.05) is 19.8 Å². The van der Waals surface area contributed by atoms with E-state index in [2.05, 4.69) is 44.3 Å². The van der Waals surface area contributed by atoms with Crippen LogP contribution in [0.2, 0.25) is 0 Å². The van der Waals surface area contributed by atoms with Gasteiger partial charge in [-0.2, -0.15) is 0 Å². The second-order valence-corrected chi connectivity index (χ2v) is 5.01. The van der Waals surface area contributed by atoms with Gasteiger partial charge in [0.25, 0.3) is 0 Å². The number of rotatable bonds is 8. The van der Waals surface area contributed by atoms with Crippen LogP contribution < -0.4 is 10.1 Å². The first kappa shape index (κ1) is 15.0. The summed E-state index contributed by atoms with van der Waals surface area (Å²) in [5.74, 6) is 1.61. The van der Waals surface area contributed by atoms with E-state index in [1.165, 1.54) is 5.56 Å². The van der Waals surface area contributed by atoms with Gasteiger partial charge in [0.2, 0.25) is 0 Å². The molecule has 0 aliphatic heterocycles. The van der Waals surface area contributed by atoms with Crippen LogP contribution in [0.25, 0.3) is 0 Å². The van der Waals surface area contributed by atoms with E-state index in [4.69, 9.17) is 9.84 Å². The average molecular weight is 251 g/mol. The van der Waals surface area contributed by atoms with Crippen LogP contribution in [-0.2, 0) is 6.54 Å². The summed E-state index contributed by atoms with van der Waals surface area (Å²) in [5, 5.41) is 12.2. The summed E-state index contributed by atoms with van der Waals surface area (Å²) in [7, 11) is 0. The van der Waals surface area contributed by atoms with Crippen LogP contribution >= 0.6 is 0 Å². The molecule has 0 unspecified atom stereocenters. The zero-order valence-corrected chi connectivity index (χ0v) is 11.7. The third kappa shape index (κ3) is 5.07. The summed E-state index contributed by atoms with van der Waals surface area (Å²) in [6, 6.07) is 6.20. The van der Waals surface area contributed by atoms with E-state index in [-0.39, 0.29) is 6.61 Å². The normalized spacial score (nSPS) is 10.9. The fourth-order valence-corrected chi connectivity index (χ4v) is 1.79. The van der Waals surface area contributed by atoms with E-state index in [0.717, 1.165) is 24.4 Å². The van der Waals surface area contributed by atoms with Gasteiger partial charge in [-0.1, -0.05) is 32.0 Å². The lowest BCUT2D eigenvalue weighted by molar-refractivity contribution is 0.231. The van der Waals surface area contributed by atoms with Crippen molar-refractivity contribution in [3.05, 3.63) is 29.3 Å². The van der Waals surface area contributed by atoms with Crippen LogP contribution in [0.5, 0.6) is 5.75 Å². The Morgan fingerprint density at radius 2 is 2.11 bits per heavy atom. The van der Waals surface area contributed by atoms with Crippen LogP contribution in [0.15, 0.2) is 18.2 Å². The molecule has 3 heteroatoms. The van der Waals surface area contributed by atoms with E-state index >= 15 is 0 Å². The molecule has 102 valence electrons. The van der Waals surface area contributed by atoms with E-state index in [0.29, 0.717) is 18.9 Å². The van der Waals surface area contributed by atoms with Gasteiger partial charge in [-0.3, -0.25) is 0 Å². The predicted molar refractivity (Wildman–Crippen MR) is 74.9 cm³/mol. The molecule has 0 aliphatic rings. The summed E-state index contributed by atoms with van der Waals surface area (Å²) in [6.07, 6.45) is 0.674. The first-order valence-electron chi connectivity index (χ1n) is 6.68. The van der Waals surface area contributed by atoms with Crippen molar-refractivity contribution >= 4 is 0 Å².